The van der Waals surface area contributed by atoms with Crippen LogP contribution >= 0.6 is 0 Å². The van der Waals surface area contributed by atoms with Crippen LogP contribution in [0, 0.1) is 17.8 Å². The first-order valence-corrected chi connectivity index (χ1v) is 5.77. The van der Waals surface area contributed by atoms with Gasteiger partial charge in [0.1, 0.15) is 0 Å². The minimum Gasteiger partial charge on any atom is -0.356 e. The molecule has 0 bridgehead atoms. The molecule has 0 radical (unpaired) electrons. The van der Waals surface area contributed by atoms with Gasteiger partial charge in [0.15, 0.2) is 0 Å². The summed E-state index contributed by atoms with van der Waals surface area (Å²) in [5, 5.41) is 6.10. The van der Waals surface area contributed by atoms with Crippen LogP contribution < -0.4 is 10.6 Å². The highest BCUT2D eigenvalue weighted by Crippen LogP contribution is 2.57. The van der Waals surface area contributed by atoms with E-state index in [4.69, 9.17) is 0 Å². The molecule has 0 aliphatic heterocycles. The number of hydrogen-bond donors (Lipinski definition) is 2. The van der Waals surface area contributed by atoms with Gasteiger partial charge in [-0.25, -0.2) is 0 Å². The molecule has 0 saturated heterocycles. The Morgan fingerprint density at radius 1 is 1.29 bits per heavy atom. The van der Waals surface area contributed by atoms with E-state index in [2.05, 4.69) is 10.6 Å². The van der Waals surface area contributed by atoms with Crippen LogP contribution in [0.15, 0.2) is 0 Å². The first-order chi connectivity index (χ1) is 6.84. The smallest absolute Gasteiger partial charge is 0.223 e. The third-order valence-electron chi connectivity index (χ3n) is 3.61. The van der Waals surface area contributed by atoms with Crippen molar-refractivity contribution in [1.82, 2.24) is 10.6 Å². The number of hydrogen-bond acceptors (Lipinski definition) is 2. The average Bonchev–Trinajstić information content (AvgIpc) is 2.67. The monoisotopic (exact) mass is 196 g/mol. The third-order valence-corrected chi connectivity index (χ3v) is 3.61. The molecule has 3 nitrogen and oxygen atoms in total. The summed E-state index contributed by atoms with van der Waals surface area (Å²) in [4.78, 5) is 11.7. The van der Waals surface area contributed by atoms with E-state index in [0.29, 0.717) is 11.8 Å². The highest BCUT2D eigenvalue weighted by molar-refractivity contribution is 5.82. The fourth-order valence-electron chi connectivity index (χ4n) is 2.80. The van der Waals surface area contributed by atoms with Crippen molar-refractivity contribution in [1.29, 1.82) is 0 Å². The Hall–Kier alpha value is -0.570. The number of fused-ring (bicyclic) bond motifs is 1. The Balaban J connectivity index is 1.61. The van der Waals surface area contributed by atoms with Gasteiger partial charge in [-0.05, 0) is 44.7 Å². The number of carbonyl (C=O) groups is 1. The van der Waals surface area contributed by atoms with Crippen molar-refractivity contribution in [3.63, 3.8) is 0 Å². The molecule has 3 heteroatoms. The third kappa shape index (κ3) is 1.92. The standard InChI is InChI=1S/C11H20N2O/c1-12-6-3-7-13-11(14)10-8-4-2-5-9(8)10/h8-10,12H,2-7H2,1H3,(H,13,14). The van der Waals surface area contributed by atoms with Crippen LogP contribution in [-0.2, 0) is 4.79 Å². The Labute approximate surface area is 85.6 Å². The molecule has 2 aliphatic carbocycles. The van der Waals surface area contributed by atoms with E-state index in [1.165, 1.54) is 19.3 Å². The van der Waals surface area contributed by atoms with Crippen molar-refractivity contribution >= 4 is 5.91 Å². The van der Waals surface area contributed by atoms with E-state index in [-0.39, 0.29) is 0 Å². The second-order valence-corrected chi connectivity index (χ2v) is 4.53. The topological polar surface area (TPSA) is 41.1 Å². The van der Waals surface area contributed by atoms with Gasteiger partial charge < -0.3 is 10.6 Å². The molecule has 2 N–H and O–H groups in total. The van der Waals surface area contributed by atoms with Crippen molar-refractivity contribution in [3.05, 3.63) is 0 Å². The van der Waals surface area contributed by atoms with Crippen LogP contribution in [0.3, 0.4) is 0 Å². The first kappa shape index (κ1) is 9.97. The highest BCUT2D eigenvalue weighted by Gasteiger charge is 2.56. The van der Waals surface area contributed by atoms with Gasteiger partial charge in [-0.3, -0.25) is 4.79 Å². The minimum absolute atomic E-state index is 0.316. The lowest BCUT2D eigenvalue weighted by Gasteiger charge is -2.05. The van der Waals surface area contributed by atoms with Crippen LogP contribution in [-0.4, -0.2) is 26.0 Å². The molecule has 0 aromatic carbocycles. The molecule has 1 amide bonds. The van der Waals surface area contributed by atoms with E-state index in [0.717, 1.165) is 31.3 Å². The number of amides is 1. The van der Waals surface area contributed by atoms with Gasteiger partial charge in [0.05, 0.1) is 0 Å². The maximum Gasteiger partial charge on any atom is 0.223 e. The molecular formula is C11H20N2O. The van der Waals surface area contributed by atoms with Gasteiger partial charge in [-0.1, -0.05) is 6.42 Å². The van der Waals surface area contributed by atoms with Gasteiger partial charge in [0.25, 0.3) is 0 Å². The summed E-state index contributed by atoms with van der Waals surface area (Å²) in [7, 11) is 1.94. The lowest BCUT2D eigenvalue weighted by atomic mass is 10.1. The number of carbonyl (C=O) groups excluding carboxylic acids is 1. The zero-order valence-electron chi connectivity index (χ0n) is 8.88. The van der Waals surface area contributed by atoms with Crippen molar-refractivity contribution in [3.8, 4) is 0 Å². The van der Waals surface area contributed by atoms with Gasteiger partial charge >= 0.3 is 0 Å². The van der Waals surface area contributed by atoms with Crippen molar-refractivity contribution < 1.29 is 4.79 Å². The summed E-state index contributed by atoms with van der Waals surface area (Å²) < 4.78 is 0. The van der Waals surface area contributed by atoms with Crippen LogP contribution in [0.25, 0.3) is 0 Å². The van der Waals surface area contributed by atoms with Gasteiger partial charge in [0, 0.05) is 12.5 Å². The molecule has 2 aliphatic rings. The lowest BCUT2D eigenvalue weighted by molar-refractivity contribution is -0.123. The van der Waals surface area contributed by atoms with Crippen molar-refractivity contribution in [2.45, 2.75) is 25.7 Å². The van der Waals surface area contributed by atoms with Gasteiger partial charge in [-0.15, -0.1) is 0 Å². The fourth-order valence-corrected chi connectivity index (χ4v) is 2.80. The second kappa shape index (κ2) is 4.30. The molecule has 2 atom stereocenters. The minimum atomic E-state index is 0.316. The first-order valence-electron chi connectivity index (χ1n) is 5.77. The Morgan fingerprint density at radius 3 is 2.64 bits per heavy atom. The summed E-state index contributed by atoms with van der Waals surface area (Å²) in [5.41, 5.74) is 0. The molecule has 2 fully saturated rings. The quantitative estimate of drug-likeness (QED) is 0.637. The summed E-state index contributed by atoms with van der Waals surface area (Å²) in [5.74, 6) is 2.20. The Bertz CT molecular complexity index is 207. The Kier molecular flexibility index (Phi) is 3.06. The molecule has 2 rings (SSSR count). The zero-order valence-corrected chi connectivity index (χ0v) is 8.88. The van der Waals surface area contributed by atoms with Crippen LogP contribution in [0.5, 0.6) is 0 Å². The molecule has 0 spiro atoms. The van der Waals surface area contributed by atoms with Crippen LogP contribution in [0.4, 0.5) is 0 Å². The zero-order chi connectivity index (χ0) is 9.97. The maximum absolute atomic E-state index is 11.7. The maximum atomic E-state index is 11.7. The van der Waals surface area contributed by atoms with E-state index >= 15 is 0 Å². The largest absolute Gasteiger partial charge is 0.356 e. The van der Waals surface area contributed by atoms with E-state index < -0.39 is 0 Å². The van der Waals surface area contributed by atoms with E-state index in [9.17, 15) is 4.79 Å². The predicted octanol–water partition coefficient (Wildman–Crippen LogP) is 0.758. The van der Waals surface area contributed by atoms with Crippen molar-refractivity contribution in [2.75, 3.05) is 20.1 Å². The SMILES string of the molecule is CNCCCNC(=O)C1C2CCCC21. The van der Waals surface area contributed by atoms with Gasteiger partial charge in [-0.2, -0.15) is 0 Å². The fraction of sp³-hybridized carbons (Fsp3) is 0.909. The summed E-state index contributed by atoms with van der Waals surface area (Å²) >= 11 is 0. The van der Waals surface area contributed by atoms with E-state index in [1.807, 2.05) is 7.05 Å². The summed E-state index contributed by atoms with van der Waals surface area (Å²) in [6.45, 7) is 1.81. The lowest BCUT2D eigenvalue weighted by Crippen LogP contribution is -2.29. The van der Waals surface area contributed by atoms with Crippen LogP contribution in [0.1, 0.15) is 25.7 Å². The second-order valence-electron chi connectivity index (χ2n) is 4.53. The molecule has 0 aromatic heterocycles. The van der Waals surface area contributed by atoms with Gasteiger partial charge in [0.2, 0.25) is 5.91 Å². The van der Waals surface area contributed by atoms with Crippen LogP contribution in [0.2, 0.25) is 0 Å². The number of nitrogens with one attached hydrogen (secondary N) is 2. The molecule has 0 aromatic rings. The predicted molar refractivity (Wildman–Crippen MR) is 55.9 cm³/mol. The molecule has 2 unspecified atom stereocenters. The average molecular weight is 196 g/mol. The summed E-state index contributed by atoms with van der Waals surface area (Å²) in [6.07, 6.45) is 4.96. The van der Waals surface area contributed by atoms with Crippen molar-refractivity contribution in [2.24, 2.45) is 17.8 Å². The molecule has 14 heavy (non-hydrogen) atoms. The molecule has 2 saturated carbocycles. The Morgan fingerprint density at radius 2 is 2.00 bits per heavy atom. The summed E-state index contributed by atoms with van der Waals surface area (Å²) in [6, 6.07) is 0. The molecule has 80 valence electrons. The normalized spacial score (nSPS) is 33.9. The number of rotatable bonds is 5. The highest BCUT2D eigenvalue weighted by atomic mass is 16.2. The molecular weight excluding hydrogens is 176 g/mol. The van der Waals surface area contributed by atoms with E-state index in [1.54, 1.807) is 0 Å². The molecule has 0 heterocycles.